The molecule has 6 nitrogen and oxygen atoms in total. The van der Waals surface area contributed by atoms with Gasteiger partial charge < -0.3 is 10.1 Å². The number of hydrogen-bond donors (Lipinski definition) is 1. The van der Waals surface area contributed by atoms with Crippen LogP contribution in [0.3, 0.4) is 0 Å². The number of nitrogens with one attached hydrogen (secondary N) is 1. The van der Waals surface area contributed by atoms with Crippen LogP contribution >= 0.6 is 11.6 Å². The highest BCUT2D eigenvalue weighted by molar-refractivity contribution is 6.33. The quantitative estimate of drug-likeness (QED) is 0.873. The lowest BCUT2D eigenvalue weighted by atomic mass is 10.2. The first-order chi connectivity index (χ1) is 9.09. The Labute approximate surface area is 117 Å². The van der Waals surface area contributed by atoms with Gasteiger partial charge in [-0.3, -0.25) is 14.4 Å². The molecule has 19 heavy (non-hydrogen) atoms. The molecular weight excluding hydrogens is 268 g/mol. The van der Waals surface area contributed by atoms with Gasteiger partial charge in [0.2, 0.25) is 0 Å². The van der Waals surface area contributed by atoms with Gasteiger partial charge >= 0.3 is 0 Å². The number of hydrogen-bond acceptors (Lipinski definition) is 4. The molecule has 1 amide bonds. The SMILES string of the molecule is Cc1nn(C)c(Cl)c1C(=O)NCCN1CCOCC1. The smallest absolute Gasteiger partial charge is 0.256 e. The van der Waals surface area contributed by atoms with Crippen LogP contribution in [0.4, 0.5) is 0 Å². The predicted octanol–water partition coefficient (Wildman–Crippen LogP) is 0.444. The fourth-order valence-electron chi connectivity index (χ4n) is 2.13. The Bertz CT molecular complexity index is 455. The Morgan fingerprint density at radius 2 is 2.16 bits per heavy atom. The van der Waals surface area contributed by atoms with Crippen molar-refractivity contribution in [2.75, 3.05) is 39.4 Å². The van der Waals surface area contributed by atoms with E-state index in [2.05, 4.69) is 15.3 Å². The van der Waals surface area contributed by atoms with Crippen molar-refractivity contribution < 1.29 is 9.53 Å². The van der Waals surface area contributed by atoms with E-state index in [0.29, 0.717) is 23.0 Å². The van der Waals surface area contributed by atoms with E-state index in [0.717, 1.165) is 32.8 Å². The van der Waals surface area contributed by atoms with Gasteiger partial charge in [-0.05, 0) is 6.92 Å². The lowest BCUT2D eigenvalue weighted by Gasteiger charge is -2.26. The Balaban J connectivity index is 1.84. The van der Waals surface area contributed by atoms with E-state index < -0.39 is 0 Å². The minimum absolute atomic E-state index is 0.163. The van der Waals surface area contributed by atoms with Crippen LogP contribution in [-0.2, 0) is 11.8 Å². The third kappa shape index (κ3) is 3.46. The highest BCUT2D eigenvalue weighted by atomic mass is 35.5. The molecule has 0 aromatic carbocycles. The summed E-state index contributed by atoms with van der Waals surface area (Å²) in [5, 5.41) is 7.38. The molecule has 0 saturated carbocycles. The number of aromatic nitrogens is 2. The van der Waals surface area contributed by atoms with Crippen molar-refractivity contribution in [2.45, 2.75) is 6.92 Å². The summed E-state index contributed by atoms with van der Waals surface area (Å²) in [6, 6.07) is 0. The number of carbonyl (C=O) groups is 1. The second kappa shape index (κ2) is 6.36. The number of aryl methyl sites for hydroxylation is 2. The first kappa shape index (κ1) is 14.3. The molecular formula is C12H19ClN4O2. The van der Waals surface area contributed by atoms with Crippen LogP contribution in [0.1, 0.15) is 16.1 Å². The molecule has 2 heterocycles. The van der Waals surface area contributed by atoms with E-state index in [9.17, 15) is 4.79 Å². The van der Waals surface area contributed by atoms with Crippen molar-refractivity contribution in [2.24, 2.45) is 7.05 Å². The number of halogens is 1. The van der Waals surface area contributed by atoms with E-state index in [1.54, 1.807) is 14.0 Å². The molecule has 106 valence electrons. The zero-order valence-electron chi connectivity index (χ0n) is 11.3. The van der Waals surface area contributed by atoms with Gasteiger partial charge in [0.25, 0.3) is 5.91 Å². The van der Waals surface area contributed by atoms with Crippen LogP contribution in [0, 0.1) is 6.92 Å². The maximum absolute atomic E-state index is 12.0. The maximum atomic E-state index is 12.0. The summed E-state index contributed by atoms with van der Waals surface area (Å²) in [6.07, 6.45) is 0. The summed E-state index contributed by atoms with van der Waals surface area (Å²) in [4.78, 5) is 14.3. The second-order valence-electron chi connectivity index (χ2n) is 4.58. The number of nitrogens with zero attached hydrogens (tertiary/aromatic N) is 3. The van der Waals surface area contributed by atoms with Crippen molar-refractivity contribution >= 4 is 17.5 Å². The average molecular weight is 287 g/mol. The van der Waals surface area contributed by atoms with E-state index in [4.69, 9.17) is 16.3 Å². The van der Waals surface area contributed by atoms with Crippen LogP contribution in [-0.4, -0.2) is 60.0 Å². The summed E-state index contributed by atoms with van der Waals surface area (Å²) in [5.74, 6) is -0.163. The highest BCUT2D eigenvalue weighted by Gasteiger charge is 2.18. The topological polar surface area (TPSA) is 59.4 Å². The lowest BCUT2D eigenvalue weighted by Crippen LogP contribution is -2.41. The van der Waals surface area contributed by atoms with Gasteiger partial charge in [-0.15, -0.1) is 0 Å². The van der Waals surface area contributed by atoms with Gasteiger partial charge in [-0.1, -0.05) is 11.6 Å². The van der Waals surface area contributed by atoms with Gasteiger partial charge in [-0.2, -0.15) is 5.10 Å². The number of ether oxygens (including phenoxy) is 1. The highest BCUT2D eigenvalue weighted by Crippen LogP contribution is 2.18. The fourth-order valence-corrected chi connectivity index (χ4v) is 2.39. The zero-order chi connectivity index (χ0) is 13.8. The van der Waals surface area contributed by atoms with Gasteiger partial charge in [0, 0.05) is 33.2 Å². The van der Waals surface area contributed by atoms with Gasteiger partial charge in [0.05, 0.1) is 24.5 Å². The molecule has 0 spiro atoms. The third-order valence-corrected chi connectivity index (χ3v) is 3.63. The largest absolute Gasteiger partial charge is 0.379 e. The molecule has 1 aromatic heterocycles. The summed E-state index contributed by atoms with van der Waals surface area (Å²) in [7, 11) is 1.72. The van der Waals surface area contributed by atoms with Crippen molar-refractivity contribution in [3.63, 3.8) is 0 Å². The molecule has 0 unspecified atom stereocenters. The van der Waals surface area contributed by atoms with Crippen molar-refractivity contribution in [3.8, 4) is 0 Å². The summed E-state index contributed by atoms with van der Waals surface area (Å²) in [5.41, 5.74) is 1.11. The third-order valence-electron chi connectivity index (χ3n) is 3.20. The summed E-state index contributed by atoms with van der Waals surface area (Å²) < 4.78 is 6.78. The molecule has 1 N–H and O–H groups in total. The Morgan fingerprint density at radius 3 is 2.74 bits per heavy atom. The van der Waals surface area contributed by atoms with Crippen LogP contribution < -0.4 is 5.32 Å². The van der Waals surface area contributed by atoms with Crippen molar-refractivity contribution in [1.82, 2.24) is 20.0 Å². The molecule has 2 rings (SSSR count). The van der Waals surface area contributed by atoms with Crippen LogP contribution in [0.15, 0.2) is 0 Å². The van der Waals surface area contributed by atoms with E-state index in [-0.39, 0.29) is 5.91 Å². The van der Waals surface area contributed by atoms with Crippen molar-refractivity contribution in [3.05, 3.63) is 16.4 Å². The lowest BCUT2D eigenvalue weighted by molar-refractivity contribution is 0.0383. The molecule has 0 atom stereocenters. The predicted molar refractivity (Wildman–Crippen MR) is 72.5 cm³/mol. The minimum Gasteiger partial charge on any atom is -0.379 e. The zero-order valence-corrected chi connectivity index (χ0v) is 12.0. The van der Waals surface area contributed by atoms with E-state index >= 15 is 0 Å². The molecule has 1 aliphatic rings. The Hall–Kier alpha value is -1.11. The second-order valence-corrected chi connectivity index (χ2v) is 4.94. The minimum atomic E-state index is -0.163. The Kier molecular flexibility index (Phi) is 4.79. The molecule has 0 bridgehead atoms. The number of carbonyl (C=O) groups excluding carboxylic acids is 1. The number of rotatable bonds is 4. The molecule has 0 radical (unpaired) electrons. The summed E-state index contributed by atoms with van der Waals surface area (Å²) in [6.45, 7) is 6.58. The van der Waals surface area contributed by atoms with E-state index in [1.165, 1.54) is 4.68 Å². The maximum Gasteiger partial charge on any atom is 0.256 e. The monoisotopic (exact) mass is 286 g/mol. The Morgan fingerprint density at radius 1 is 1.47 bits per heavy atom. The number of morpholine rings is 1. The molecule has 1 saturated heterocycles. The van der Waals surface area contributed by atoms with Gasteiger partial charge in [0.15, 0.2) is 0 Å². The van der Waals surface area contributed by atoms with Crippen LogP contribution in [0.25, 0.3) is 0 Å². The van der Waals surface area contributed by atoms with E-state index in [1.807, 2.05) is 0 Å². The van der Waals surface area contributed by atoms with Crippen LogP contribution in [0.5, 0.6) is 0 Å². The molecule has 0 aliphatic carbocycles. The van der Waals surface area contributed by atoms with Crippen LogP contribution in [0.2, 0.25) is 5.15 Å². The number of amides is 1. The summed E-state index contributed by atoms with van der Waals surface area (Å²) >= 11 is 6.05. The molecule has 7 heteroatoms. The molecule has 1 aromatic rings. The standard InChI is InChI=1S/C12H19ClN4O2/c1-9-10(11(13)16(2)15-9)12(18)14-3-4-17-5-7-19-8-6-17/h3-8H2,1-2H3,(H,14,18). The molecule has 1 aliphatic heterocycles. The van der Waals surface area contributed by atoms with Crippen molar-refractivity contribution in [1.29, 1.82) is 0 Å². The van der Waals surface area contributed by atoms with Gasteiger partial charge in [-0.25, -0.2) is 0 Å². The van der Waals surface area contributed by atoms with Gasteiger partial charge in [0.1, 0.15) is 5.15 Å². The molecule has 1 fully saturated rings. The first-order valence-electron chi connectivity index (χ1n) is 6.37. The fraction of sp³-hybridized carbons (Fsp3) is 0.667. The average Bonchev–Trinajstić information content (AvgIpc) is 2.64. The normalized spacial score (nSPS) is 16.6. The first-order valence-corrected chi connectivity index (χ1v) is 6.75.